The zero-order chi connectivity index (χ0) is 21.8. The van der Waals surface area contributed by atoms with Crippen molar-refractivity contribution in [3.63, 3.8) is 0 Å². The Morgan fingerprint density at radius 3 is 2.43 bits per heavy atom. The summed E-state index contributed by atoms with van der Waals surface area (Å²) in [4.78, 5) is 35.2. The van der Waals surface area contributed by atoms with Gasteiger partial charge in [-0.05, 0) is 52.5 Å². The highest BCUT2D eigenvalue weighted by molar-refractivity contribution is 9.10. The van der Waals surface area contributed by atoms with Crippen molar-refractivity contribution in [1.29, 1.82) is 0 Å². The maximum Gasteiger partial charge on any atom is 0.306 e. The van der Waals surface area contributed by atoms with Gasteiger partial charge in [0.1, 0.15) is 5.75 Å². The summed E-state index contributed by atoms with van der Waals surface area (Å²) >= 11 is 9.10. The lowest BCUT2D eigenvalue weighted by Gasteiger charge is -2.10. The zero-order valence-electron chi connectivity index (χ0n) is 16.2. The lowest BCUT2D eigenvalue weighted by molar-refractivity contribution is -0.145. The topological polar surface area (TPSA) is 93.7 Å². The van der Waals surface area contributed by atoms with Gasteiger partial charge in [0.05, 0.1) is 17.5 Å². The number of benzene rings is 2. The van der Waals surface area contributed by atoms with Crippen LogP contribution in [0.15, 0.2) is 53.0 Å². The Kier molecular flexibility index (Phi) is 10.2. The second-order valence-corrected chi connectivity index (χ2v) is 7.56. The van der Waals surface area contributed by atoms with Crippen LogP contribution in [0.4, 0.5) is 0 Å². The lowest BCUT2D eigenvalue weighted by atomic mass is 10.1. The summed E-state index contributed by atoms with van der Waals surface area (Å²) in [5, 5.41) is 0.528. The number of carbonyl (C=O) groups excluding carboxylic acids is 3. The van der Waals surface area contributed by atoms with E-state index in [9.17, 15) is 14.4 Å². The van der Waals surface area contributed by atoms with E-state index in [0.717, 1.165) is 6.42 Å². The fraction of sp³-hybridized carbons (Fsp3) is 0.286. The number of esters is 1. The fourth-order valence-electron chi connectivity index (χ4n) is 2.37. The number of hydrogen-bond acceptors (Lipinski definition) is 5. The van der Waals surface area contributed by atoms with E-state index in [2.05, 4.69) is 26.8 Å². The highest BCUT2D eigenvalue weighted by atomic mass is 79.9. The van der Waals surface area contributed by atoms with E-state index in [-0.39, 0.29) is 19.4 Å². The fourth-order valence-corrected chi connectivity index (χ4v) is 3.17. The lowest BCUT2D eigenvalue weighted by Crippen LogP contribution is -2.43. The van der Waals surface area contributed by atoms with Gasteiger partial charge >= 0.3 is 5.97 Å². The quantitative estimate of drug-likeness (QED) is 0.297. The largest absolute Gasteiger partial charge is 0.483 e. The predicted octanol–water partition coefficient (Wildman–Crippen LogP) is 3.58. The molecule has 0 aliphatic rings. The van der Waals surface area contributed by atoms with Gasteiger partial charge in [0.15, 0.2) is 6.61 Å². The van der Waals surface area contributed by atoms with Crippen molar-refractivity contribution in [3.8, 4) is 5.75 Å². The van der Waals surface area contributed by atoms with Crippen LogP contribution in [0.5, 0.6) is 5.75 Å². The molecule has 7 nitrogen and oxygen atoms in total. The van der Waals surface area contributed by atoms with Gasteiger partial charge in [0, 0.05) is 11.4 Å². The molecule has 2 aromatic carbocycles. The maximum absolute atomic E-state index is 11.7. The summed E-state index contributed by atoms with van der Waals surface area (Å²) in [6.07, 6.45) is 1.36. The van der Waals surface area contributed by atoms with Crippen molar-refractivity contribution >= 4 is 45.3 Å². The minimum atomic E-state index is -0.548. The Morgan fingerprint density at radius 2 is 1.70 bits per heavy atom. The highest BCUT2D eigenvalue weighted by Crippen LogP contribution is 2.27. The second kappa shape index (κ2) is 12.9. The van der Waals surface area contributed by atoms with E-state index >= 15 is 0 Å². The molecule has 0 aliphatic heterocycles. The third-order valence-corrected chi connectivity index (χ3v) is 4.72. The molecule has 2 aromatic rings. The van der Waals surface area contributed by atoms with E-state index in [0.29, 0.717) is 28.3 Å². The predicted molar refractivity (Wildman–Crippen MR) is 116 cm³/mol. The molecular formula is C21H22BrClN2O5. The minimum absolute atomic E-state index is 0.0682. The number of nitrogens with one attached hydrogen (secondary N) is 2. The molecule has 0 heterocycles. The molecule has 9 heteroatoms. The van der Waals surface area contributed by atoms with Crippen LogP contribution in [0, 0.1) is 0 Å². The SMILES string of the molecule is O=C(CCC(=O)OCCCc1ccccc1)NNC(=O)COc1ccc(Cl)cc1Br. The molecule has 160 valence electrons. The molecule has 30 heavy (non-hydrogen) atoms. The van der Waals surface area contributed by atoms with Crippen molar-refractivity contribution in [3.05, 3.63) is 63.6 Å². The standard InChI is InChI=1S/C21H22BrClN2O5/c22-17-13-16(23)8-9-18(17)30-14-20(27)25-24-19(26)10-11-21(28)29-12-4-7-15-5-2-1-3-6-15/h1-3,5-6,8-9,13H,4,7,10-12,14H2,(H,24,26)(H,25,27). The molecule has 2 amide bonds. The third kappa shape index (κ3) is 9.28. The van der Waals surface area contributed by atoms with E-state index in [4.69, 9.17) is 21.1 Å². The first-order chi connectivity index (χ1) is 14.4. The molecule has 2 rings (SSSR count). The van der Waals surface area contributed by atoms with Gasteiger partial charge in [0.25, 0.3) is 5.91 Å². The van der Waals surface area contributed by atoms with Gasteiger partial charge in [0.2, 0.25) is 5.91 Å². The first-order valence-corrected chi connectivity index (χ1v) is 10.5. The van der Waals surface area contributed by atoms with Crippen LogP contribution < -0.4 is 15.6 Å². The molecule has 0 atom stereocenters. The molecule has 2 N–H and O–H groups in total. The Morgan fingerprint density at radius 1 is 0.967 bits per heavy atom. The highest BCUT2D eigenvalue weighted by Gasteiger charge is 2.10. The number of ether oxygens (including phenoxy) is 2. The minimum Gasteiger partial charge on any atom is -0.483 e. The van der Waals surface area contributed by atoms with Crippen molar-refractivity contribution in [2.45, 2.75) is 25.7 Å². The molecule has 0 aromatic heterocycles. The molecule has 0 saturated heterocycles. The van der Waals surface area contributed by atoms with Crippen molar-refractivity contribution in [2.24, 2.45) is 0 Å². The van der Waals surface area contributed by atoms with Crippen molar-refractivity contribution < 1.29 is 23.9 Å². The average Bonchev–Trinajstić information content (AvgIpc) is 2.74. The second-order valence-electron chi connectivity index (χ2n) is 6.27. The number of aryl methyl sites for hydroxylation is 1. The number of hydrogen-bond donors (Lipinski definition) is 2. The first-order valence-electron chi connectivity index (χ1n) is 9.29. The first kappa shape index (κ1) is 23.7. The van der Waals surface area contributed by atoms with Crippen molar-refractivity contribution in [1.82, 2.24) is 10.9 Å². The third-order valence-electron chi connectivity index (χ3n) is 3.87. The monoisotopic (exact) mass is 496 g/mol. The summed E-state index contributed by atoms with van der Waals surface area (Å²) < 4.78 is 11.0. The van der Waals surface area contributed by atoms with Crippen molar-refractivity contribution in [2.75, 3.05) is 13.2 Å². The van der Waals surface area contributed by atoms with E-state index < -0.39 is 17.8 Å². The Bertz CT molecular complexity index is 864. The molecule has 0 saturated carbocycles. The summed E-state index contributed by atoms with van der Waals surface area (Å²) in [5.74, 6) is -1.07. The van der Waals surface area contributed by atoms with Gasteiger partial charge in [-0.2, -0.15) is 0 Å². The number of halogens is 2. The molecule has 0 bridgehead atoms. The van der Waals surface area contributed by atoms with E-state index in [1.165, 1.54) is 5.56 Å². The summed E-state index contributed by atoms with van der Waals surface area (Å²) in [6.45, 7) is -0.00630. The van der Waals surface area contributed by atoms with Crippen LogP contribution in [0.3, 0.4) is 0 Å². The van der Waals surface area contributed by atoms with Crippen LogP contribution in [0.25, 0.3) is 0 Å². The van der Waals surface area contributed by atoms with Crippen LogP contribution in [-0.4, -0.2) is 31.0 Å². The van der Waals surface area contributed by atoms with E-state index in [1.54, 1.807) is 18.2 Å². The number of carbonyl (C=O) groups is 3. The maximum atomic E-state index is 11.7. The number of hydrazine groups is 1. The summed E-state index contributed by atoms with van der Waals surface area (Å²) in [7, 11) is 0. The van der Waals surface area contributed by atoms with Gasteiger partial charge in [-0.3, -0.25) is 25.2 Å². The van der Waals surface area contributed by atoms with Gasteiger partial charge in [-0.25, -0.2) is 0 Å². The molecule has 0 aliphatic carbocycles. The molecular weight excluding hydrogens is 476 g/mol. The van der Waals surface area contributed by atoms with E-state index in [1.807, 2.05) is 30.3 Å². The normalized spacial score (nSPS) is 10.2. The summed E-state index contributed by atoms with van der Waals surface area (Å²) in [5.41, 5.74) is 5.63. The smallest absolute Gasteiger partial charge is 0.306 e. The van der Waals surface area contributed by atoms with Crippen LogP contribution in [0.1, 0.15) is 24.8 Å². The van der Waals surface area contributed by atoms with Crippen LogP contribution in [0.2, 0.25) is 5.02 Å². The van der Waals surface area contributed by atoms with Gasteiger partial charge in [-0.15, -0.1) is 0 Å². The van der Waals surface area contributed by atoms with Crippen LogP contribution >= 0.6 is 27.5 Å². The zero-order valence-corrected chi connectivity index (χ0v) is 18.5. The van der Waals surface area contributed by atoms with Crippen LogP contribution in [-0.2, 0) is 25.5 Å². The average molecular weight is 498 g/mol. The summed E-state index contributed by atoms with van der Waals surface area (Å²) in [6, 6.07) is 14.8. The van der Waals surface area contributed by atoms with Gasteiger partial charge < -0.3 is 9.47 Å². The van der Waals surface area contributed by atoms with Gasteiger partial charge in [-0.1, -0.05) is 41.9 Å². The number of rotatable bonds is 10. The molecule has 0 spiro atoms. The molecule has 0 unspecified atom stereocenters. The Labute approximate surface area is 188 Å². The molecule has 0 fully saturated rings. The Hall–Kier alpha value is -2.58. The molecule has 0 radical (unpaired) electrons. The number of amides is 2. The Balaban J connectivity index is 1.54.